The Morgan fingerprint density at radius 2 is 1.97 bits per heavy atom. The number of aromatic nitrogens is 4. The Balaban J connectivity index is 1.46. The van der Waals surface area contributed by atoms with Gasteiger partial charge in [0.2, 0.25) is 5.95 Å². The Bertz CT molecular complexity index is 1190. The fourth-order valence-corrected chi connectivity index (χ4v) is 4.88. The molecule has 0 amide bonds. The molecule has 2 fully saturated rings. The van der Waals surface area contributed by atoms with Crippen molar-refractivity contribution in [2.75, 3.05) is 11.9 Å². The van der Waals surface area contributed by atoms with Crippen LogP contribution in [0.5, 0.6) is 0 Å². The molecule has 0 bridgehead atoms. The number of thioether (sulfide) groups is 1. The summed E-state index contributed by atoms with van der Waals surface area (Å²) in [5.41, 5.74) is 1.85. The summed E-state index contributed by atoms with van der Waals surface area (Å²) in [7, 11) is 0. The van der Waals surface area contributed by atoms with Crippen LogP contribution in [-0.2, 0) is 10.5 Å². The van der Waals surface area contributed by atoms with E-state index in [1.165, 1.54) is 30.2 Å². The fourth-order valence-electron chi connectivity index (χ4n) is 3.95. The summed E-state index contributed by atoms with van der Waals surface area (Å²) >= 11 is 1.42. The lowest BCUT2D eigenvalue weighted by Gasteiger charge is -2.26. The Hall–Kier alpha value is -2.84. The Labute approximate surface area is 198 Å². The van der Waals surface area contributed by atoms with Gasteiger partial charge in [0.15, 0.2) is 11.9 Å². The van der Waals surface area contributed by atoms with Crippen LogP contribution in [-0.4, -0.2) is 70.7 Å². The minimum atomic E-state index is -1.26. The summed E-state index contributed by atoms with van der Waals surface area (Å²) in [5, 5.41) is 44.9. The van der Waals surface area contributed by atoms with E-state index in [1.54, 1.807) is 16.7 Å². The van der Waals surface area contributed by atoms with E-state index in [1.807, 2.05) is 0 Å². The first kappa shape index (κ1) is 22.9. The van der Waals surface area contributed by atoms with Gasteiger partial charge in [-0.15, -0.1) is 0 Å². The highest BCUT2D eigenvalue weighted by molar-refractivity contribution is 7.98. The van der Waals surface area contributed by atoms with Crippen LogP contribution in [0.1, 0.15) is 31.1 Å². The molecule has 1 saturated carbocycles. The number of ether oxygens (including phenoxy) is 1. The molecule has 180 valence electrons. The first-order valence-electron chi connectivity index (χ1n) is 10.9. The van der Waals surface area contributed by atoms with Crippen molar-refractivity contribution in [1.82, 2.24) is 19.5 Å². The maximum atomic E-state index is 10.9. The van der Waals surface area contributed by atoms with Crippen LogP contribution in [0, 0.1) is 10.1 Å². The SMILES string of the molecule is O=[N+]([O-])c1ccc(CSc2nc(NC3CCC3)nc3c2ncn3[C@@H]2O[C@H](CO)[C@@H](O)[C@H]2O)cc1. The average molecular weight is 489 g/mol. The average Bonchev–Trinajstić information content (AvgIpc) is 3.35. The Morgan fingerprint density at radius 1 is 1.21 bits per heavy atom. The maximum Gasteiger partial charge on any atom is 0.269 e. The van der Waals surface area contributed by atoms with Gasteiger partial charge in [0.1, 0.15) is 28.9 Å². The third kappa shape index (κ3) is 4.32. The van der Waals surface area contributed by atoms with E-state index in [0.717, 1.165) is 24.8 Å². The number of rotatable bonds is 8. The number of non-ortho nitro benzene ring substituents is 1. The van der Waals surface area contributed by atoms with E-state index < -0.39 is 36.1 Å². The molecule has 2 aromatic heterocycles. The number of benzene rings is 1. The Kier molecular flexibility index (Phi) is 6.36. The predicted octanol–water partition coefficient (Wildman–Crippen LogP) is 1.60. The minimum Gasteiger partial charge on any atom is -0.394 e. The van der Waals surface area contributed by atoms with E-state index in [2.05, 4.69) is 20.3 Å². The highest BCUT2D eigenvalue weighted by Crippen LogP contribution is 2.35. The van der Waals surface area contributed by atoms with Crippen molar-refractivity contribution >= 4 is 34.6 Å². The van der Waals surface area contributed by atoms with Crippen LogP contribution in [0.15, 0.2) is 35.6 Å². The van der Waals surface area contributed by atoms with Crippen LogP contribution >= 0.6 is 11.8 Å². The van der Waals surface area contributed by atoms with Crippen LogP contribution in [0.4, 0.5) is 11.6 Å². The first-order chi connectivity index (χ1) is 16.4. The second-order valence-corrected chi connectivity index (χ2v) is 9.35. The number of fused-ring (bicyclic) bond motifs is 1. The van der Waals surface area contributed by atoms with E-state index in [0.29, 0.717) is 27.9 Å². The third-order valence-electron chi connectivity index (χ3n) is 6.14. The normalized spacial score (nSPS) is 24.9. The van der Waals surface area contributed by atoms with Gasteiger partial charge in [-0.05, 0) is 24.8 Å². The summed E-state index contributed by atoms with van der Waals surface area (Å²) in [4.78, 5) is 24.2. The van der Waals surface area contributed by atoms with Gasteiger partial charge in [-0.1, -0.05) is 23.9 Å². The molecule has 3 aromatic rings. The molecule has 4 N–H and O–H groups in total. The lowest BCUT2D eigenvalue weighted by atomic mass is 9.93. The van der Waals surface area contributed by atoms with Crippen LogP contribution in [0.25, 0.3) is 11.2 Å². The van der Waals surface area contributed by atoms with Crippen molar-refractivity contribution in [3.8, 4) is 0 Å². The van der Waals surface area contributed by atoms with Gasteiger partial charge < -0.3 is 25.4 Å². The number of hydrogen-bond donors (Lipinski definition) is 4. The third-order valence-corrected chi connectivity index (χ3v) is 7.18. The van der Waals surface area contributed by atoms with E-state index in [-0.39, 0.29) is 11.7 Å². The monoisotopic (exact) mass is 488 g/mol. The highest BCUT2D eigenvalue weighted by atomic mass is 32.2. The highest BCUT2D eigenvalue weighted by Gasteiger charge is 2.44. The van der Waals surface area contributed by atoms with Gasteiger partial charge in [-0.2, -0.15) is 4.98 Å². The van der Waals surface area contributed by atoms with Gasteiger partial charge in [0.05, 0.1) is 17.9 Å². The molecule has 0 spiro atoms. The summed E-state index contributed by atoms with van der Waals surface area (Å²) in [5.74, 6) is 0.935. The van der Waals surface area contributed by atoms with Crippen LogP contribution in [0.3, 0.4) is 0 Å². The summed E-state index contributed by atoms with van der Waals surface area (Å²) in [6.45, 7) is -0.429. The van der Waals surface area contributed by atoms with Gasteiger partial charge >= 0.3 is 0 Å². The predicted molar refractivity (Wildman–Crippen MR) is 122 cm³/mol. The zero-order valence-electron chi connectivity index (χ0n) is 18.0. The molecule has 13 heteroatoms. The molecule has 3 heterocycles. The molecule has 0 unspecified atom stereocenters. The number of nitrogens with one attached hydrogen (secondary N) is 1. The first-order valence-corrected chi connectivity index (χ1v) is 11.9. The summed E-state index contributed by atoms with van der Waals surface area (Å²) in [6.07, 6.45) is 0.299. The van der Waals surface area contributed by atoms with Gasteiger partial charge in [0, 0.05) is 23.9 Å². The fraction of sp³-hybridized carbons (Fsp3) is 0.476. The topological polar surface area (TPSA) is 169 Å². The van der Waals surface area contributed by atoms with Crippen LogP contribution < -0.4 is 5.32 Å². The van der Waals surface area contributed by atoms with Gasteiger partial charge in [-0.25, -0.2) is 9.97 Å². The number of imidazole rings is 1. The van der Waals surface area contributed by atoms with E-state index in [9.17, 15) is 25.4 Å². The molecular weight excluding hydrogens is 464 g/mol. The number of nitrogens with zero attached hydrogens (tertiary/aromatic N) is 5. The number of anilines is 1. The second-order valence-electron chi connectivity index (χ2n) is 8.39. The van der Waals surface area contributed by atoms with Gasteiger partial charge in [0.25, 0.3) is 5.69 Å². The van der Waals surface area contributed by atoms with Gasteiger partial charge in [-0.3, -0.25) is 14.7 Å². The molecule has 5 rings (SSSR count). The number of aliphatic hydroxyl groups is 3. The van der Waals surface area contributed by atoms with Crippen molar-refractivity contribution in [1.29, 1.82) is 0 Å². The van der Waals surface area contributed by atoms with Crippen molar-refractivity contribution in [2.45, 2.75) is 60.6 Å². The smallest absolute Gasteiger partial charge is 0.269 e. The molecule has 12 nitrogen and oxygen atoms in total. The number of nitro groups is 1. The lowest BCUT2D eigenvalue weighted by Crippen LogP contribution is -2.33. The molecule has 1 aliphatic heterocycles. The molecule has 1 saturated heterocycles. The van der Waals surface area contributed by atoms with E-state index in [4.69, 9.17) is 4.74 Å². The molecular formula is C21H24N6O6S. The van der Waals surface area contributed by atoms with Crippen LogP contribution in [0.2, 0.25) is 0 Å². The zero-order chi connectivity index (χ0) is 23.8. The largest absolute Gasteiger partial charge is 0.394 e. The zero-order valence-corrected chi connectivity index (χ0v) is 18.8. The number of hydrogen-bond acceptors (Lipinski definition) is 11. The maximum absolute atomic E-state index is 10.9. The standard InChI is InChI=1S/C21H24N6O6S/c28-8-14-16(29)17(30)20(33-14)26-10-22-15-18(26)24-21(23-12-2-1-3-12)25-19(15)34-9-11-4-6-13(7-5-11)27(31)32/h4-7,10,12,14,16-17,20,28-30H,1-3,8-9H2,(H,23,24,25)/t14-,16-,17-,20-/m1/s1. The summed E-state index contributed by atoms with van der Waals surface area (Å²) < 4.78 is 7.22. The van der Waals surface area contributed by atoms with E-state index >= 15 is 0 Å². The lowest BCUT2D eigenvalue weighted by molar-refractivity contribution is -0.384. The van der Waals surface area contributed by atoms with Crippen molar-refractivity contribution < 1.29 is 25.0 Å². The summed E-state index contributed by atoms with van der Waals surface area (Å²) in [6, 6.07) is 6.62. The molecule has 1 aromatic carbocycles. The molecule has 34 heavy (non-hydrogen) atoms. The number of aliphatic hydroxyl groups excluding tert-OH is 3. The van der Waals surface area contributed by atoms with Crippen molar-refractivity contribution in [3.63, 3.8) is 0 Å². The second kappa shape index (κ2) is 9.43. The van der Waals surface area contributed by atoms with Crippen molar-refractivity contribution in [2.24, 2.45) is 0 Å². The molecule has 1 aliphatic carbocycles. The quantitative estimate of drug-likeness (QED) is 0.157. The molecule has 4 atom stereocenters. The minimum absolute atomic E-state index is 0.0300. The molecule has 2 aliphatic rings. The van der Waals surface area contributed by atoms with Crippen molar-refractivity contribution in [3.05, 3.63) is 46.3 Å². The Morgan fingerprint density at radius 3 is 2.59 bits per heavy atom. The number of nitro benzene ring substituents is 1. The molecule has 0 radical (unpaired) electrons.